The number of amides is 2. The van der Waals surface area contributed by atoms with E-state index in [2.05, 4.69) is 19.2 Å². The predicted octanol–water partition coefficient (Wildman–Crippen LogP) is 3.08. The minimum Gasteiger partial charge on any atom is -0.485 e. The van der Waals surface area contributed by atoms with E-state index in [9.17, 15) is 14.4 Å². The summed E-state index contributed by atoms with van der Waals surface area (Å²) in [5, 5.41) is 2.88. The van der Waals surface area contributed by atoms with Crippen LogP contribution >= 0.6 is 0 Å². The van der Waals surface area contributed by atoms with Gasteiger partial charge in [-0.3, -0.25) is 19.3 Å². The number of ether oxygens (including phenoxy) is 2. The van der Waals surface area contributed by atoms with Crippen LogP contribution in [0.25, 0.3) is 0 Å². The van der Waals surface area contributed by atoms with Gasteiger partial charge in [0, 0.05) is 11.6 Å². The smallest absolute Gasteiger partial charge is 0.265 e. The van der Waals surface area contributed by atoms with Crippen LogP contribution in [0, 0.1) is 0 Å². The number of Topliss-reactive ketones (excluding diaryl/α,β-unsaturated/α-hetero) is 1. The second-order valence-corrected chi connectivity index (χ2v) is 8.23. The van der Waals surface area contributed by atoms with Gasteiger partial charge in [-0.05, 0) is 54.7 Å². The molecule has 0 atom stereocenters. The van der Waals surface area contributed by atoms with Gasteiger partial charge < -0.3 is 14.8 Å². The molecule has 1 N–H and O–H groups in total. The van der Waals surface area contributed by atoms with Gasteiger partial charge in [0.2, 0.25) is 5.91 Å². The third kappa shape index (κ3) is 5.05. The molecule has 0 aromatic heterocycles. The number of carbonyl (C=O) groups is 3. The average molecular weight is 422 g/mol. The van der Waals surface area contributed by atoms with Crippen LogP contribution in [-0.4, -0.2) is 43.4 Å². The maximum Gasteiger partial charge on any atom is 0.265 e. The van der Waals surface area contributed by atoms with Crippen LogP contribution in [0.1, 0.15) is 48.5 Å². The van der Waals surface area contributed by atoms with E-state index in [4.69, 9.17) is 9.47 Å². The van der Waals surface area contributed by atoms with E-state index >= 15 is 0 Å². The summed E-state index contributed by atoms with van der Waals surface area (Å²) in [5.41, 5.74) is 1.95. The lowest BCUT2D eigenvalue weighted by Crippen LogP contribution is -2.45. The molecule has 2 aromatic carbocycles. The van der Waals surface area contributed by atoms with Crippen molar-refractivity contribution in [2.45, 2.75) is 38.6 Å². The molecule has 2 aliphatic rings. The van der Waals surface area contributed by atoms with Crippen molar-refractivity contribution >= 4 is 23.3 Å². The van der Waals surface area contributed by atoms with Gasteiger partial charge in [0.05, 0.1) is 5.69 Å². The highest BCUT2D eigenvalue weighted by Crippen LogP contribution is 2.33. The zero-order chi connectivity index (χ0) is 22.0. The van der Waals surface area contributed by atoms with E-state index in [0.717, 1.165) is 18.4 Å². The lowest BCUT2D eigenvalue weighted by Gasteiger charge is -2.29. The number of nitrogens with zero attached hydrogens (tertiary/aromatic N) is 1. The topological polar surface area (TPSA) is 84.9 Å². The maximum absolute atomic E-state index is 12.7. The Balaban J connectivity index is 1.46. The number of rotatable bonds is 8. The summed E-state index contributed by atoms with van der Waals surface area (Å²) in [6, 6.07) is 12.8. The fourth-order valence-corrected chi connectivity index (χ4v) is 3.39. The van der Waals surface area contributed by atoms with Crippen LogP contribution in [0.5, 0.6) is 11.5 Å². The van der Waals surface area contributed by atoms with Crippen molar-refractivity contribution in [3.8, 4) is 11.5 Å². The lowest BCUT2D eigenvalue weighted by atomic mass is 10.0. The summed E-state index contributed by atoms with van der Waals surface area (Å²) in [4.78, 5) is 38.7. The largest absolute Gasteiger partial charge is 0.485 e. The highest BCUT2D eigenvalue weighted by atomic mass is 16.5. The monoisotopic (exact) mass is 422 g/mol. The molecule has 0 bridgehead atoms. The number of anilines is 1. The molecule has 1 aliphatic heterocycles. The van der Waals surface area contributed by atoms with Crippen LogP contribution in [0.15, 0.2) is 42.5 Å². The molecule has 0 radical (unpaired) electrons. The van der Waals surface area contributed by atoms with E-state index in [0.29, 0.717) is 28.7 Å². The number of hydrogen-bond acceptors (Lipinski definition) is 5. The number of benzene rings is 2. The molecule has 0 saturated heterocycles. The molecule has 1 fully saturated rings. The van der Waals surface area contributed by atoms with E-state index in [-0.39, 0.29) is 43.4 Å². The molecule has 2 amide bonds. The standard InChI is InChI=1S/C24H26N2O5/c1-15(2)16-4-3-5-19(10-16)30-13-21(27)17-6-9-22-20(11-17)26(24(29)14-31-22)12-23(28)25-18-7-8-18/h3-6,9-11,15,18H,7-8,12-14H2,1-2H3,(H,25,28). The maximum atomic E-state index is 12.7. The summed E-state index contributed by atoms with van der Waals surface area (Å²) in [7, 11) is 0. The quantitative estimate of drug-likeness (QED) is 0.661. The molecule has 1 saturated carbocycles. The summed E-state index contributed by atoms with van der Waals surface area (Å²) < 4.78 is 11.2. The average Bonchev–Trinajstić information content (AvgIpc) is 3.57. The highest BCUT2D eigenvalue weighted by molar-refractivity contribution is 6.04. The third-order valence-corrected chi connectivity index (χ3v) is 5.36. The van der Waals surface area contributed by atoms with Gasteiger partial charge in [0.15, 0.2) is 19.0 Å². The van der Waals surface area contributed by atoms with E-state index in [1.165, 1.54) is 4.90 Å². The van der Waals surface area contributed by atoms with Crippen molar-refractivity contribution in [3.05, 3.63) is 53.6 Å². The Labute approximate surface area is 181 Å². The van der Waals surface area contributed by atoms with Gasteiger partial charge in [0.1, 0.15) is 18.0 Å². The molecule has 7 nitrogen and oxygen atoms in total. The first-order valence-electron chi connectivity index (χ1n) is 10.5. The van der Waals surface area contributed by atoms with Gasteiger partial charge >= 0.3 is 0 Å². The van der Waals surface area contributed by atoms with Crippen LogP contribution < -0.4 is 19.7 Å². The van der Waals surface area contributed by atoms with E-state index < -0.39 is 0 Å². The van der Waals surface area contributed by atoms with Gasteiger partial charge in [0.25, 0.3) is 5.91 Å². The Hall–Kier alpha value is -3.35. The number of ketones is 1. The summed E-state index contributed by atoms with van der Waals surface area (Å²) in [6.07, 6.45) is 1.94. The summed E-state index contributed by atoms with van der Waals surface area (Å²) >= 11 is 0. The molecular weight excluding hydrogens is 396 g/mol. The van der Waals surface area contributed by atoms with Crippen LogP contribution in [0.4, 0.5) is 5.69 Å². The number of carbonyl (C=O) groups excluding carboxylic acids is 3. The van der Waals surface area contributed by atoms with Gasteiger partial charge in [-0.1, -0.05) is 26.0 Å². The van der Waals surface area contributed by atoms with Crippen LogP contribution in [-0.2, 0) is 9.59 Å². The summed E-state index contributed by atoms with van der Waals surface area (Å²) in [5.74, 6) is 0.715. The van der Waals surface area contributed by atoms with E-state index in [1.807, 2.05) is 24.3 Å². The van der Waals surface area contributed by atoms with Crippen molar-refractivity contribution < 1.29 is 23.9 Å². The highest BCUT2D eigenvalue weighted by Gasteiger charge is 2.30. The molecule has 31 heavy (non-hydrogen) atoms. The number of hydrogen-bond donors (Lipinski definition) is 1. The van der Waals surface area contributed by atoms with Crippen molar-refractivity contribution in [2.24, 2.45) is 0 Å². The van der Waals surface area contributed by atoms with Crippen LogP contribution in [0.2, 0.25) is 0 Å². The Morgan fingerprint density at radius 1 is 1.19 bits per heavy atom. The van der Waals surface area contributed by atoms with Gasteiger partial charge in [-0.2, -0.15) is 0 Å². The molecule has 1 aliphatic carbocycles. The molecule has 0 unspecified atom stereocenters. The first kappa shape index (κ1) is 20.9. The first-order valence-corrected chi connectivity index (χ1v) is 10.5. The van der Waals surface area contributed by atoms with Crippen molar-refractivity contribution in [2.75, 3.05) is 24.7 Å². The van der Waals surface area contributed by atoms with Gasteiger partial charge in [-0.25, -0.2) is 0 Å². The molecule has 0 spiro atoms. The fourth-order valence-electron chi connectivity index (χ4n) is 3.39. The van der Waals surface area contributed by atoms with E-state index in [1.54, 1.807) is 18.2 Å². The summed E-state index contributed by atoms with van der Waals surface area (Å²) in [6.45, 7) is 3.83. The lowest BCUT2D eigenvalue weighted by molar-refractivity contribution is -0.125. The fraction of sp³-hybridized carbons (Fsp3) is 0.375. The molecule has 1 heterocycles. The minimum atomic E-state index is -0.315. The minimum absolute atomic E-state index is 0.0954. The normalized spacial score (nSPS) is 15.3. The van der Waals surface area contributed by atoms with Crippen LogP contribution in [0.3, 0.4) is 0 Å². The molecular formula is C24H26N2O5. The third-order valence-electron chi connectivity index (χ3n) is 5.36. The Morgan fingerprint density at radius 3 is 2.74 bits per heavy atom. The Kier molecular flexibility index (Phi) is 5.93. The number of nitrogens with one attached hydrogen (secondary N) is 1. The van der Waals surface area contributed by atoms with Crippen molar-refractivity contribution in [3.63, 3.8) is 0 Å². The predicted molar refractivity (Wildman–Crippen MR) is 116 cm³/mol. The zero-order valence-electron chi connectivity index (χ0n) is 17.7. The molecule has 4 rings (SSSR count). The SMILES string of the molecule is CC(C)c1cccc(OCC(=O)c2ccc3c(c2)N(CC(=O)NC2CC2)C(=O)CO3)c1. The molecule has 162 valence electrons. The first-order chi connectivity index (χ1) is 14.9. The van der Waals surface area contributed by atoms with Crippen molar-refractivity contribution in [1.29, 1.82) is 0 Å². The van der Waals surface area contributed by atoms with Crippen molar-refractivity contribution in [1.82, 2.24) is 5.32 Å². The number of fused-ring (bicyclic) bond motifs is 1. The Morgan fingerprint density at radius 2 is 2.00 bits per heavy atom. The Bertz CT molecular complexity index is 1010. The molecule has 7 heteroatoms. The second-order valence-electron chi connectivity index (χ2n) is 8.23. The van der Waals surface area contributed by atoms with Gasteiger partial charge in [-0.15, -0.1) is 0 Å². The molecule has 2 aromatic rings. The second kappa shape index (κ2) is 8.79. The zero-order valence-corrected chi connectivity index (χ0v) is 17.7.